The molecule has 0 amide bonds. The van der Waals surface area contributed by atoms with Gasteiger partial charge in [0.2, 0.25) is 0 Å². The largest absolute Gasteiger partial charge is 0.507 e. The summed E-state index contributed by atoms with van der Waals surface area (Å²) >= 11 is 0. The van der Waals surface area contributed by atoms with Crippen LogP contribution in [0.3, 0.4) is 0 Å². The van der Waals surface area contributed by atoms with Crippen LogP contribution in [0, 0.1) is 0 Å². The van der Waals surface area contributed by atoms with Gasteiger partial charge in [-0.05, 0) is 59.1 Å². The first-order chi connectivity index (χ1) is 13.2. The summed E-state index contributed by atoms with van der Waals surface area (Å²) in [5.41, 5.74) is 3.38. The van der Waals surface area contributed by atoms with Crippen molar-refractivity contribution in [2.24, 2.45) is 4.99 Å². The average molecular weight is 395 g/mol. The number of phenolic OH excluding ortho intramolecular Hbond substituents is 1. The number of nitrogens with zero attached hydrogens (tertiary/aromatic N) is 2. The van der Waals surface area contributed by atoms with E-state index in [9.17, 15) is 10.3 Å². The van der Waals surface area contributed by atoms with Gasteiger partial charge in [0.05, 0.1) is 11.3 Å². The number of phenols is 1. The third-order valence-corrected chi connectivity index (χ3v) is 5.73. The smallest absolute Gasteiger partial charge is 0.151 e. The maximum Gasteiger partial charge on any atom is 0.151 e. The molecule has 0 fully saturated rings. The van der Waals surface area contributed by atoms with Gasteiger partial charge in [0, 0.05) is 0 Å². The van der Waals surface area contributed by atoms with Crippen molar-refractivity contribution < 1.29 is 10.3 Å². The third-order valence-electron chi connectivity index (χ3n) is 5.73. The van der Waals surface area contributed by atoms with Crippen LogP contribution in [0.15, 0.2) is 47.5 Å². The van der Waals surface area contributed by atoms with Crippen molar-refractivity contribution in [1.82, 2.24) is 5.06 Å². The van der Waals surface area contributed by atoms with Gasteiger partial charge in [0.1, 0.15) is 5.75 Å². The fraction of sp³-hybridized carbons (Fsp3) is 0.480. The van der Waals surface area contributed by atoms with E-state index in [1.165, 1.54) is 5.06 Å². The van der Waals surface area contributed by atoms with Gasteiger partial charge in [-0.1, -0.05) is 71.9 Å². The molecule has 0 spiro atoms. The molecule has 0 aliphatic carbocycles. The number of hydroxylamine groups is 2. The lowest BCUT2D eigenvalue weighted by Gasteiger charge is -2.32. The van der Waals surface area contributed by atoms with Crippen LogP contribution >= 0.6 is 0 Å². The van der Waals surface area contributed by atoms with Crippen LogP contribution in [0.1, 0.15) is 83.8 Å². The topological polar surface area (TPSA) is 56.1 Å². The molecule has 3 rings (SSSR count). The van der Waals surface area contributed by atoms with Crippen LogP contribution in [0.4, 0.5) is 0 Å². The molecule has 0 saturated carbocycles. The van der Waals surface area contributed by atoms with E-state index in [-0.39, 0.29) is 10.8 Å². The molecule has 2 aromatic carbocycles. The summed E-state index contributed by atoms with van der Waals surface area (Å²) in [6.45, 7) is 16.5. The first-order valence-corrected chi connectivity index (χ1v) is 10.2. The highest BCUT2D eigenvalue weighted by atomic mass is 16.5. The lowest BCUT2D eigenvalue weighted by molar-refractivity contribution is -0.159. The summed E-state index contributed by atoms with van der Waals surface area (Å²) in [4.78, 5) is 4.95. The molecular weight excluding hydrogens is 360 g/mol. The van der Waals surface area contributed by atoms with Crippen LogP contribution in [0.5, 0.6) is 5.75 Å². The average Bonchev–Trinajstić information content (AvgIpc) is 2.84. The van der Waals surface area contributed by atoms with E-state index < -0.39 is 11.7 Å². The summed E-state index contributed by atoms with van der Waals surface area (Å²) in [5.74, 6) is 0.336. The minimum Gasteiger partial charge on any atom is -0.507 e. The Morgan fingerprint density at radius 1 is 0.897 bits per heavy atom. The Bertz CT molecular complexity index is 897. The minimum atomic E-state index is -0.631. The highest BCUT2D eigenvalue weighted by Crippen LogP contribution is 2.44. The van der Waals surface area contributed by atoms with E-state index >= 15 is 0 Å². The summed E-state index contributed by atoms with van der Waals surface area (Å²) in [6, 6.07) is 14.0. The molecule has 0 aromatic heterocycles. The molecule has 1 atom stereocenters. The van der Waals surface area contributed by atoms with Gasteiger partial charge in [0.15, 0.2) is 6.17 Å². The second-order valence-electron chi connectivity index (χ2n) is 10.6. The van der Waals surface area contributed by atoms with Crippen molar-refractivity contribution >= 4 is 5.71 Å². The summed E-state index contributed by atoms with van der Waals surface area (Å²) in [6.07, 6.45) is -0.525. The van der Waals surface area contributed by atoms with Crippen LogP contribution in [-0.2, 0) is 10.8 Å². The molecule has 29 heavy (non-hydrogen) atoms. The summed E-state index contributed by atoms with van der Waals surface area (Å²) in [7, 11) is 0. The zero-order valence-corrected chi connectivity index (χ0v) is 18.9. The SMILES string of the molecule is CC(C)(C)c1cc(C2N=C(c3ccccc3)C(C)(C)N2O)cc(C(C)(C)C)c1O. The van der Waals surface area contributed by atoms with Crippen LogP contribution in [0.2, 0.25) is 0 Å². The molecule has 1 heterocycles. The van der Waals surface area contributed by atoms with Gasteiger partial charge in [-0.25, -0.2) is 0 Å². The predicted molar refractivity (Wildman–Crippen MR) is 119 cm³/mol. The van der Waals surface area contributed by atoms with Crippen molar-refractivity contribution in [3.63, 3.8) is 0 Å². The van der Waals surface area contributed by atoms with E-state index in [1.54, 1.807) is 0 Å². The fourth-order valence-electron chi connectivity index (χ4n) is 3.94. The maximum atomic E-state index is 11.1. The quantitative estimate of drug-likeness (QED) is 0.661. The molecular formula is C25H34N2O2. The maximum absolute atomic E-state index is 11.1. The Labute approximate surface area is 174 Å². The Morgan fingerprint density at radius 3 is 1.83 bits per heavy atom. The second kappa shape index (κ2) is 6.96. The molecule has 0 saturated heterocycles. The number of benzene rings is 2. The van der Waals surface area contributed by atoms with Crippen molar-refractivity contribution in [3.05, 3.63) is 64.7 Å². The van der Waals surface area contributed by atoms with E-state index in [0.717, 1.165) is 28.0 Å². The van der Waals surface area contributed by atoms with Gasteiger partial charge in [-0.2, -0.15) is 5.06 Å². The highest BCUT2D eigenvalue weighted by Gasteiger charge is 2.44. The molecule has 156 valence electrons. The summed E-state index contributed by atoms with van der Waals surface area (Å²) in [5, 5.41) is 23.5. The van der Waals surface area contributed by atoms with E-state index in [0.29, 0.717) is 5.75 Å². The monoisotopic (exact) mass is 394 g/mol. The van der Waals surface area contributed by atoms with E-state index in [1.807, 2.05) is 56.3 Å². The van der Waals surface area contributed by atoms with Crippen molar-refractivity contribution in [2.75, 3.05) is 0 Å². The normalized spacial score (nSPS) is 20.0. The number of rotatable bonds is 2. The second-order valence-corrected chi connectivity index (χ2v) is 10.6. The van der Waals surface area contributed by atoms with Gasteiger partial charge >= 0.3 is 0 Å². The van der Waals surface area contributed by atoms with Gasteiger partial charge in [-0.15, -0.1) is 0 Å². The fourth-order valence-corrected chi connectivity index (χ4v) is 3.94. The van der Waals surface area contributed by atoms with Gasteiger partial charge < -0.3 is 10.3 Å². The Balaban J connectivity index is 2.21. The van der Waals surface area contributed by atoms with Crippen LogP contribution < -0.4 is 0 Å². The standard InChI is InChI=1S/C25H34N2O2/c1-23(2,3)18-14-17(15-19(20(18)28)24(4,5)6)22-26-21(25(7,8)27(22)29)16-12-10-9-11-13-16/h9-15,22,28-29H,1-8H3. The molecule has 2 N–H and O–H groups in total. The molecule has 0 bridgehead atoms. The summed E-state index contributed by atoms with van der Waals surface area (Å²) < 4.78 is 0. The van der Waals surface area contributed by atoms with E-state index in [4.69, 9.17) is 4.99 Å². The van der Waals surface area contributed by atoms with Crippen molar-refractivity contribution in [3.8, 4) is 5.75 Å². The number of aliphatic imine (C=N–C) groups is 1. The molecule has 2 aromatic rings. The van der Waals surface area contributed by atoms with Crippen molar-refractivity contribution in [2.45, 2.75) is 77.9 Å². The molecule has 4 heteroatoms. The molecule has 4 nitrogen and oxygen atoms in total. The lowest BCUT2D eigenvalue weighted by atomic mass is 9.78. The number of hydrogen-bond donors (Lipinski definition) is 2. The highest BCUT2D eigenvalue weighted by molar-refractivity contribution is 6.08. The zero-order valence-electron chi connectivity index (χ0n) is 18.9. The van der Waals surface area contributed by atoms with Crippen LogP contribution in [0.25, 0.3) is 0 Å². The predicted octanol–water partition coefficient (Wildman–Crippen LogP) is 5.96. The van der Waals surface area contributed by atoms with Gasteiger partial charge in [0.25, 0.3) is 0 Å². The Kier molecular flexibility index (Phi) is 5.17. The number of hydrogen-bond acceptors (Lipinski definition) is 4. The minimum absolute atomic E-state index is 0.236. The van der Waals surface area contributed by atoms with E-state index in [2.05, 4.69) is 41.5 Å². The molecule has 1 aliphatic rings. The number of aromatic hydroxyl groups is 1. The first kappa shape index (κ1) is 21.5. The molecule has 0 radical (unpaired) electrons. The lowest BCUT2D eigenvalue weighted by Crippen LogP contribution is -2.44. The molecule has 1 unspecified atom stereocenters. The Hall–Kier alpha value is -2.17. The first-order valence-electron chi connectivity index (χ1n) is 10.2. The zero-order chi connectivity index (χ0) is 21.8. The van der Waals surface area contributed by atoms with Crippen molar-refractivity contribution in [1.29, 1.82) is 0 Å². The van der Waals surface area contributed by atoms with Crippen LogP contribution in [-0.4, -0.2) is 26.6 Å². The Morgan fingerprint density at radius 2 is 1.38 bits per heavy atom. The van der Waals surface area contributed by atoms with Gasteiger partial charge in [-0.3, -0.25) is 4.99 Å². The third kappa shape index (κ3) is 3.84. The molecule has 1 aliphatic heterocycles.